The molecule has 4 aromatic heterocycles. The molecule has 0 aliphatic rings. The number of amides is 2. The highest BCUT2D eigenvalue weighted by Gasteiger charge is 2.22. The van der Waals surface area contributed by atoms with Gasteiger partial charge in [-0.25, -0.2) is 9.97 Å². The van der Waals surface area contributed by atoms with Crippen LogP contribution in [0.4, 0.5) is 11.9 Å². The van der Waals surface area contributed by atoms with E-state index in [-0.39, 0.29) is 36.2 Å². The summed E-state index contributed by atoms with van der Waals surface area (Å²) in [5.74, 6) is -0.206. The van der Waals surface area contributed by atoms with Crippen molar-refractivity contribution in [1.82, 2.24) is 40.5 Å². The van der Waals surface area contributed by atoms with Gasteiger partial charge in [-0.3, -0.25) is 9.59 Å². The SMILES string of the molecule is Nc1ncc(C(CCNC(=O)c2cc(Br)c[nH]2)c2[nH]c(N)nc2/C=C/CNC(=O)c2cc(Br)c[nH]2)[nH]1. The number of H-pyrrole nitrogens is 4. The van der Waals surface area contributed by atoms with E-state index in [0.29, 0.717) is 30.0 Å². The Hall–Kier alpha value is -3.78. The van der Waals surface area contributed by atoms with Crippen LogP contribution in [-0.4, -0.2) is 54.8 Å². The van der Waals surface area contributed by atoms with Gasteiger partial charge in [0.15, 0.2) is 11.9 Å². The molecule has 0 aliphatic heterocycles. The predicted octanol–water partition coefficient (Wildman–Crippen LogP) is 2.87. The first kappa shape index (κ1) is 25.3. The molecule has 2 amide bonds. The van der Waals surface area contributed by atoms with Crippen LogP contribution in [0, 0.1) is 0 Å². The van der Waals surface area contributed by atoms with Crippen LogP contribution in [0.15, 0.2) is 45.7 Å². The van der Waals surface area contributed by atoms with Gasteiger partial charge in [0.2, 0.25) is 0 Å². The molecule has 0 saturated carbocycles. The van der Waals surface area contributed by atoms with Gasteiger partial charge in [0, 0.05) is 46.0 Å². The van der Waals surface area contributed by atoms with Crippen molar-refractivity contribution in [3.05, 3.63) is 74.2 Å². The summed E-state index contributed by atoms with van der Waals surface area (Å²) in [7, 11) is 0. The van der Waals surface area contributed by atoms with Crippen LogP contribution in [-0.2, 0) is 0 Å². The van der Waals surface area contributed by atoms with Crippen LogP contribution in [0.5, 0.6) is 0 Å². The highest BCUT2D eigenvalue weighted by atomic mass is 79.9. The molecule has 0 spiro atoms. The summed E-state index contributed by atoms with van der Waals surface area (Å²) in [5, 5.41) is 5.71. The monoisotopic (exact) mass is 618 g/mol. The second kappa shape index (κ2) is 11.3. The molecule has 0 aromatic carbocycles. The normalized spacial score (nSPS) is 12.2. The van der Waals surface area contributed by atoms with E-state index < -0.39 is 0 Å². The summed E-state index contributed by atoms with van der Waals surface area (Å²) in [6.45, 7) is 0.647. The first-order valence-electron chi connectivity index (χ1n) is 10.9. The number of nitrogens with zero attached hydrogens (tertiary/aromatic N) is 2. The summed E-state index contributed by atoms with van der Waals surface area (Å²) in [6.07, 6.45) is 9.08. The Labute approximate surface area is 222 Å². The zero-order chi connectivity index (χ0) is 25.7. The molecule has 0 saturated heterocycles. The lowest BCUT2D eigenvalue weighted by molar-refractivity contribution is 0.0942. The number of halogens is 2. The molecular weight excluding hydrogens is 596 g/mol. The third-order valence-corrected chi connectivity index (χ3v) is 6.19. The fourth-order valence-corrected chi connectivity index (χ4v) is 4.32. The Kier molecular flexibility index (Phi) is 7.95. The average molecular weight is 620 g/mol. The first-order valence-corrected chi connectivity index (χ1v) is 12.4. The highest BCUT2D eigenvalue weighted by Crippen LogP contribution is 2.29. The molecule has 4 aromatic rings. The average Bonchev–Trinajstić information content (AvgIpc) is 3.63. The standard InChI is InChI=1S/C22H24Br2N10O2/c23-11-6-15(29-8-11)19(35)27-4-1-2-14-18(34-22(26)32-14)13(17-10-31-21(25)33-17)3-5-28-20(36)16-7-12(24)9-30-16/h1-2,6-10,13,29-30H,3-5H2,(H,27,35)(H,28,36)(H3,25,31,33)(H3,26,32,34)/b2-1+. The lowest BCUT2D eigenvalue weighted by Crippen LogP contribution is -2.26. The van der Waals surface area contributed by atoms with Gasteiger partial charge in [-0.15, -0.1) is 0 Å². The largest absolute Gasteiger partial charge is 0.369 e. The van der Waals surface area contributed by atoms with Crippen molar-refractivity contribution in [2.24, 2.45) is 0 Å². The quantitative estimate of drug-likeness (QED) is 0.134. The number of carbonyl (C=O) groups is 2. The number of nitrogen functional groups attached to an aromatic ring is 2. The number of carbonyl (C=O) groups excluding carboxylic acids is 2. The lowest BCUT2D eigenvalue weighted by atomic mass is 9.96. The maximum Gasteiger partial charge on any atom is 0.267 e. The van der Waals surface area contributed by atoms with E-state index in [1.807, 2.05) is 0 Å². The van der Waals surface area contributed by atoms with Crippen molar-refractivity contribution in [2.45, 2.75) is 12.3 Å². The Morgan fingerprint density at radius 1 is 1.00 bits per heavy atom. The van der Waals surface area contributed by atoms with Crippen molar-refractivity contribution in [3.63, 3.8) is 0 Å². The van der Waals surface area contributed by atoms with E-state index in [4.69, 9.17) is 11.5 Å². The van der Waals surface area contributed by atoms with Crippen LogP contribution in [0.1, 0.15) is 50.4 Å². The summed E-state index contributed by atoms with van der Waals surface area (Å²) < 4.78 is 1.59. The number of hydrogen-bond acceptors (Lipinski definition) is 6. The van der Waals surface area contributed by atoms with Crippen LogP contribution in [0.2, 0.25) is 0 Å². The second-order valence-corrected chi connectivity index (χ2v) is 9.65. The summed E-state index contributed by atoms with van der Waals surface area (Å²) in [5.41, 5.74) is 14.8. The topological polar surface area (TPSA) is 199 Å². The Bertz CT molecular complexity index is 1380. The van der Waals surface area contributed by atoms with E-state index >= 15 is 0 Å². The Morgan fingerprint density at radius 3 is 2.25 bits per heavy atom. The molecule has 188 valence electrons. The molecular formula is C22H24Br2N10O2. The Balaban J connectivity index is 1.45. The number of anilines is 2. The van der Waals surface area contributed by atoms with Crippen molar-refractivity contribution in [1.29, 1.82) is 0 Å². The molecule has 10 N–H and O–H groups in total. The molecule has 4 heterocycles. The summed E-state index contributed by atoms with van der Waals surface area (Å²) in [4.78, 5) is 45.1. The molecule has 0 aliphatic carbocycles. The van der Waals surface area contributed by atoms with E-state index in [1.165, 1.54) is 0 Å². The first-order chi connectivity index (χ1) is 17.3. The van der Waals surface area contributed by atoms with Gasteiger partial charge in [0.1, 0.15) is 11.4 Å². The number of rotatable bonds is 10. The van der Waals surface area contributed by atoms with Gasteiger partial charge in [0.05, 0.1) is 17.6 Å². The second-order valence-electron chi connectivity index (χ2n) is 7.82. The zero-order valence-corrected chi connectivity index (χ0v) is 22.0. The fraction of sp³-hybridized carbons (Fsp3) is 0.182. The smallest absolute Gasteiger partial charge is 0.267 e. The number of aromatic nitrogens is 6. The minimum absolute atomic E-state index is 0.224. The van der Waals surface area contributed by atoms with Crippen molar-refractivity contribution in [2.75, 3.05) is 24.6 Å². The molecule has 1 unspecified atom stereocenters. The minimum Gasteiger partial charge on any atom is -0.369 e. The maximum absolute atomic E-state index is 12.4. The zero-order valence-electron chi connectivity index (χ0n) is 18.9. The van der Waals surface area contributed by atoms with E-state index in [9.17, 15) is 9.59 Å². The number of nitrogens with two attached hydrogens (primary N) is 2. The predicted molar refractivity (Wildman–Crippen MR) is 143 cm³/mol. The van der Waals surface area contributed by atoms with Gasteiger partial charge in [-0.1, -0.05) is 6.08 Å². The Morgan fingerprint density at radius 2 is 1.67 bits per heavy atom. The van der Waals surface area contributed by atoms with Gasteiger partial charge >= 0.3 is 0 Å². The van der Waals surface area contributed by atoms with Crippen LogP contribution in [0.25, 0.3) is 6.08 Å². The van der Waals surface area contributed by atoms with E-state index in [0.717, 1.165) is 20.3 Å². The fourth-order valence-electron chi connectivity index (χ4n) is 3.64. The molecule has 36 heavy (non-hydrogen) atoms. The molecule has 0 radical (unpaired) electrons. The van der Waals surface area contributed by atoms with Crippen LogP contribution >= 0.6 is 31.9 Å². The van der Waals surface area contributed by atoms with Crippen molar-refractivity contribution < 1.29 is 9.59 Å². The molecule has 14 heteroatoms. The van der Waals surface area contributed by atoms with E-state index in [1.54, 1.807) is 42.9 Å². The van der Waals surface area contributed by atoms with Crippen molar-refractivity contribution >= 4 is 61.6 Å². The molecule has 0 fully saturated rings. The third kappa shape index (κ3) is 6.26. The van der Waals surface area contributed by atoms with Gasteiger partial charge in [-0.2, -0.15) is 0 Å². The molecule has 0 bridgehead atoms. The van der Waals surface area contributed by atoms with E-state index in [2.05, 4.69) is 72.4 Å². The lowest BCUT2D eigenvalue weighted by Gasteiger charge is -2.15. The summed E-state index contributed by atoms with van der Waals surface area (Å²) >= 11 is 6.63. The molecule has 1 atom stereocenters. The van der Waals surface area contributed by atoms with Crippen LogP contribution in [0.3, 0.4) is 0 Å². The minimum atomic E-state index is -0.263. The van der Waals surface area contributed by atoms with Gasteiger partial charge in [-0.05, 0) is 56.5 Å². The van der Waals surface area contributed by atoms with Gasteiger partial charge < -0.3 is 42.0 Å². The highest BCUT2D eigenvalue weighted by molar-refractivity contribution is 9.10. The van der Waals surface area contributed by atoms with Crippen LogP contribution < -0.4 is 22.1 Å². The molecule has 12 nitrogen and oxygen atoms in total. The third-order valence-electron chi connectivity index (χ3n) is 5.28. The number of imidazole rings is 2. The van der Waals surface area contributed by atoms with Crippen molar-refractivity contribution in [3.8, 4) is 0 Å². The number of aromatic amines is 4. The summed E-state index contributed by atoms with van der Waals surface area (Å²) in [6, 6.07) is 3.40. The maximum atomic E-state index is 12.4. The number of nitrogens with one attached hydrogen (secondary N) is 6. The molecule has 4 rings (SSSR count). The van der Waals surface area contributed by atoms with Gasteiger partial charge in [0.25, 0.3) is 11.8 Å². The number of hydrogen-bond donors (Lipinski definition) is 8.